The van der Waals surface area contributed by atoms with E-state index in [2.05, 4.69) is 48.1 Å². The Labute approximate surface area is 104 Å². The fourth-order valence-corrected chi connectivity index (χ4v) is 2.09. The van der Waals surface area contributed by atoms with Gasteiger partial charge in [-0.2, -0.15) is 0 Å². The van der Waals surface area contributed by atoms with Crippen molar-refractivity contribution in [1.82, 2.24) is 10.3 Å². The zero-order valence-corrected chi connectivity index (χ0v) is 11.2. The standard InChI is InChI=1S/C14H23N3/c1-14(2,3)12-5-6-13(16-11-12)17-9-4-7-15-8-10-17/h5-6,11,15H,4,7-10H2,1-3H3. The molecule has 0 unspecified atom stereocenters. The lowest BCUT2D eigenvalue weighted by atomic mass is 9.88. The summed E-state index contributed by atoms with van der Waals surface area (Å²) in [7, 11) is 0. The SMILES string of the molecule is CC(C)(C)c1ccc(N2CCCNCC2)nc1. The number of aromatic nitrogens is 1. The molecule has 0 radical (unpaired) electrons. The third kappa shape index (κ3) is 3.19. The van der Waals surface area contributed by atoms with Crippen molar-refractivity contribution in [3.8, 4) is 0 Å². The highest BCUT2D eigenvalue weighted by atomic mass is 15.2. The number of pyridine rings is 1. The van der Waals surface area contributed by atoms with Crippen molar-refractivity contribution < 1.29 is 0 Å². The van der Waals surface area contributed by atoms with E-state index in [0.717, 1.165) is 32.0 Å². The van der Waals surface area contributed by atoms with Gasteiger partial charge in [-0.3, -0.25) is 0 Å². The Balaban J connectivity index is 2.11. The van der Waals surface area contributed by atoms with E-state index >= 15 is 0 Å². The summed E-state index contributed by atoms with van der Waals surface area (Å²) in [6, 6.07) is 4.37. The molecule has 0 aliphatic carbocycles. The number of nitrogens with zero attached hydrogens (tertiary/aromatic N) is 2. The van der Waals surface area contributed by atoms with E-state index in [-0.39, 0.29) is 5.41 Å². The van der Waals surface area contributed by atoms with Gasteiger partial charge in [-0.25, -0.2) is 4.98 Å². The molecule has 94 valence electrons. The Morgan fingerprint density at radius 2 is 2.00 bits per heavy atom. The quantitative estimate of drug-likeness (QED) is 0.806. The summed E-state index contributed by atoms with van der Waals surface area (Å²) in [6.07, 6.45) is 3.22. The molecule has 1 aliphatic heterocycles. The minimum Gasteiger partial charge on any atom is -0.355 e. The Morgan fingerprint density at radius 3 is 2.65 bits per heavy atom. The number of anilines is 1. The minimum absolute atomic E-state index is 0.186. The molecule has 1 saturated heterocycles. The van der Waals surface area contributed by atoms with Crippen LogP contribution in [-0.4, -0.2) is 31.2 Å². The average molecular weight is 233 g/mol. The third-order valence-corrected chi connectivity index (χ3v) is 3.28. The van der Waals surface area contributed by atoms with Crippen molar-refractivity contribution >= 4 is 5.82 Å². The predicted molar refractivity (Wildman–Crippen MR) is 72.6 cm³/mol. The molecule has 1 aliphatic rings. The first kappa shape index (κ1) is 12.4. The van der Waals surface area contributed by atoms with Crippen molar-refractivity contribution in [1.29, 1.82) is 0 Å². The molecule has 1 aromatic heterocycles. The van der Waals surface area contributed by atoms with E-state index in [1.165, 1.54) is 12.0 Å². The normalized spacial score (nSPS) is 17.9. The first-order valence-corrected chi connectivity index (χ1v) is 6.49. The number of hydrogen-bond acceptors (Lipinski definition) is 3. The summed E-state index contributed by atoms with van der Waals surface area (Å²) < 4.78 is 0. The molecule has 1 N–H and O–H groups in total. The lowest BCUT2D eigenvalue weighted by molar-refractivity contribution is 0.587. The van der Waals surface area contributed by atoms with Gasteiger partial charge in [0.1, 0.15) is 5.82 Å². The van der Waals surface area contributed by atoms with Gasteiger partial charge in [-0.15, -0.1) is 0 Å². The fraction of sp³-hybridized carbons (Fsp3) is 0.643. The largest absolute Gasteiger partial charge is 0.355 e. The third-order valence-electron chi connectivity index (χ3n) is 3.28. The van der Waals surface area contributed by atoms with Gasteiger partial charge in [0.2, 0.25) is 0 Å². The molecule has 0 amide bonds. The first-order chi connectivity index (χ1) is 8.07. The van der Waals surface area contributed by atoms with Crippen LogP contribution in [0.15, 0.2) is 18.3 Å². The molecule has 0 spiro atoms. The van der Waals surface area contributed by atoms with Gasteiger partial charge in [0.15, 0.2) is 0 Å². The fourth-order valence-electron chi connectivity index (χ4n) is 2.09. The predicted octanol–water partition coefficient (Wildman–Crippen LogP) is 2.18. The molecule has 2 rings (SSSR count). The van der Waals surface area contributed by atoms with Crippen molar-refractivity contribution in [2.75, 3.05) is 31.1 Å². The molecule has 1 fully saturated rings. The molecule has 0 bridgehead atoms. The molecule has 0 saturated carbocycles. The smallest absolute Gasteiger partial charge is 0.128 e. The monoisotopic (exact) mass is 233 g/mol. The molecule has 3 nitrogen and oxygen atoms in total. The van der Waals surface area contributed by atoms with Crippen LogP contribution in [0.5, 0.6) is 0 Å². The van der Waals surface area contributed by atoms with Crippen molar-refractivity contribution in [2.24, 2.45) is 0 Å². The summed E-state index contributed by atoms with van der Waals surface area (Å²) >= 11 is 0. The molecule has 0 aromatic carbocycles. The second-order valence-electron chi connectivity index (χ2n) is 5.75. The van der Waals surface area contributed by atoms with Crippen LogP contribution in [0.3, 0.4) is 0 Å². The van der Waals surface area contributed by atoms with E-state index in [4.69, 9.17) is 0 Å². The van der Waals surface area contributed by atoms with Crippen LogP contribution >= 0.6 is 0 Å². The highest BCUT2D eigenvalue weighted by Gasteiger charge is 2.15. The van der Waals surface area contributed by atoms with E-state index in [1.54, 1.807) is 0 Å². The van der Waals surface area contributed by atoms with Crippen molar-refractivity contribution in [3.05, 3.63) is 23.9 Å². The second-order valence-corrected chi connectivity index (χ2v) is 5.75. The van der Waals surface area contributed by atoms with Crippen molar-refractivity contribution in [2.45, 2.75) is 32.6 Å². The van der Waals surface area contributed by atoms with Gasteiger partial charge < -0.3 is 10.2 Å². The summed E-state index contributed by atoms with van der Waals surface area (Å²) in [5, 5.41) is 3.41. The first-order valence-electron chi connectivity index (χ1n) is 6.49. The summed E-state index contributed by atoms with van der Waals surface area (Å²) in [6.45, 7) is 11.0. The maximum absolute atomic E-state index is 4.61. The molecule has 3 heteroatoms. The van der Waals surface area contributed by atoms with Crippen molar-refractivity contribution in [3.63, 3.8) is 0 Å². The van der Waals surface area contributed by atoms with Gasteiger partial charge >= 0.3 is 0 Å². The highest BCUT2D eigenvalue weighted by molar-refractivity contribution is 5.40. The zero-order valence-electron chi connectivity index (χ0n) is 11.2. The summed E-state index contributed by atoms with van der Waals surface area (Å²) in [5.41, 5.74) is 1.49. The van der Waals surface area contributed by atoms with Gasteiger partial charge in [-0.05, 0) is 30.0 Å². The molecular formula is C14H23N3. The highest BCUT2D eigenvalue weighted by Crippen LogP contribution is 2.23. The number of nitrogens with one attached hydrogen (secondary N) is 1. The van der Waals surface area contributed by atoms with Crippen LogP contribution < -0.4 is 10.2 Å². The van der Waals surface area contributed by atoms with E-state index in [0.29, 0.717) is 0 Å². The average Bonchev–Trinajstić information content (AvgIpc) is 2.56. The number of hydrogen-bond donors (Lipinski definition) is 1. The molecular weight excluding hydrogens is 210 g/mol. The molecule has 0 atom stereocenters. The van der Waals surface area contributed by atoms with Crippen LogP contribution in [0.4, 0.5) is 5.82 Å². The van der Waals surface area contributed by atoms with Crippen LogP contribution in [0.2, 0.25) is 0 Å². The van der Waals surface area contributed by atoms with Crippen LogP contribution in [0, 0.1) is 0 Å². The molecule has 2 heterocycles. The second kappa shape index (κ2) is 5.05. The maximum atomic E-state index is 4.61. The summed E-state index contributed by atoms with van der Waals surface area (Å²) in [5.74, 6) is 1.11. The van der Waals surface area contributed by atoms with Crippen LogP contribution in [0.25, 0.3) is 0 Å². The lowest BCUT2D eigenvalue weighted by Gasteiger charge is -2.23. The minimum atomic E-state index is 0.186. The van der Waals surface area contributed by atoms with Gasteiger partial charge in [-0.1, -0.05) is 26.8 Å². The van der Waals surface area contributed by atoms with Gasteiger partial charge in [0, 0.05) is 25.8 Å². The Hall–Kier alpha value is -1.09. The topological polar surface area (TPSA) is 28.2 Å². The number of rotatable bonds is 1. The summed E-state index contributed by atoms with van der Waals surface area (Å²) in [4.78, 5) is 6.98. The van der Waals surface area contributed by atoms with Crippen LogP contribution in [0.1, 0.15) is 32.8 Å². The van der Waals surface area contributed by atoms with E-state index < -0.39 is 0 Å². The van der Waals surface area contributed by atoms with Gasteiger partial charge in [0.25, 0.3) is 0 Å². The Kier molecular flexibility index (Phi) is 3.67. The van der Waals surface area contributed by atoms with Crippen LogP contribution in [-0.2, 0) is 5.41 Å². The van der Waals surface area contributed by atoms with E-state index in [9.17, 15) is 0 Å². The lowest BCUT2D eigenvalue weighted by Crippen LogP contribution is -2.28. The van der Waals surface area contributed by atoms with Gasteiger partial charge in [0.05, 0.1) is 0 Å². The Bertz CT molecular complexity index is 343. The zero-order chi connectivity index (χ0) is 12.3. The van der Waals surface area contributed by atoms with E-state index in [1.807, 2.05) is 6.20 Å². The molecule has 1 aromatic rings. The Morgan fingerprint density at radius 1 is 1.18 bits per heavy atom. The molecule has 17 heavy (non-hydrogen) atoms. The maximum Gasteiger partial charge on any atom is 0.128 e.